The van der Waals surface area contributed by atoms with E-state index in [2.05, 4.69) is 9.11 Å². The Kier molecular flexibility index (Phi) is 22.3. The van der Waals surface area contributed by atoms with Crippen molar-refractivity contribution in [2.24, 2.45) is 0 Å². The highest BCUT2D eigenvalue weighted by Gasteiger charge is 2.36. The van der Waals surface area contributed by atoms with Gasteiger partial charge < -0.3 is 14.2 Å². The van der Waals surface area contributed by atoms with Gasteiger partial charge in [0.05, 0.1) is 7.11 Å². The van der Waals surface area contributed by atoms with Crippen LogP contribution >= 0.6 is 11.5 Å². The number of imide groups is 1. The molecule has 0 fully saturated rings. The summed E-state index contributed by atoms with van der Waals surface area (Å²) in [6, 6.07) is 0. The molecule has 0 aromatic carbocycles. The number of ether oxygens (including phenoxy) is 3. The second-order valence-corrected chi connectivity index (χ2v) is 8.02. The fraction of sp³-hybridized carbons (Fsp3) is 0.750. The number of anilines is 1. The molecule has 9 heteroatoms. The third-order valence-electron chi connectivity index (χ3n) is 2.63. The van der Waals surface area contributed by atoms with Crippen molar-refractivity contribution in [3.05, 3.63) is 10.4 Å². The van der Waals surface area contributed by atoms with Gasteiger partial charge >= 0.3 is 18.2 Å². The zero-order valence-electron chi connectivity index (χ0n) is 23.8. The number of aromatic nitrogens is 1. The molecule has 1 aromatic heterocycles. The molecule has 196 valence electrons. The highest BCUT2D eigenvalue weighted by molar-refractivity contribution is 7.08. The Bertz CT molecular complexity index is 645. The van der Waals surface area contributed by atoms with Crippen LogP contribution < -0.4 is 4.90 Å². The van der Waals surface area contributed by atoms with Crippen molar-refractivity contribution < 1.29 is 28.6 Å². The molecule has 0 saturated carbocycles. The molecule has 0 aliphatic heterocycles. The van der Waals surface area contributed by atoms with Crippen LogP contribution in [-0.2, 0) is 14.2 Å². The minimum atomic E-state index is -0.938. The fourth-order valence-corrected chi connectivity index (χ4v) is 2.46. The molecule has 0 atom stereocenters. The van der Waals surface area contributed by atoms with Crippen LogP contribution in [0.2, 0.25) is 0 Å². The molecule has 0 spiro atoms. The summed E-state index contributed by atoms with van der Waals surface area (Å²) in [7, 11) is 1.24. The van der Waals surface area contributed by atoms with Crippen LogP contribution in [0.4, 0.5) is 15.4 Å². The fourth-order valence-electron chi connectivity index (χ4n) is 1.68. The van der Waals surface area contributed by atoms with Gasteiger partial charge in [-0.2, -0.15) is 9.27 Å². The lowest BCUT2D eigenvalue weighted by Crippen LogP contribution is -2.44. The van der Waals surface area contributed by atoms with Gasteiger partial charge in [-0.3, -0.25) is 0 Å². The largest absolute Gasteiger partial charge is 0.465 e. The minimum Gasteiger partial charge on any atom is -0.465 e. The highest BCUT2D eigenvalue weighted by atomic mass is 32.1. The number of esters is 1. The predicted molar refractivity (Wildman–Crippen MR) is 139 cm³/mol. The molecule has 1 heterocycles. The average Bonchev–Trinajstić information content (AvgIpc) is 3.12. The van der Waals surface area contributed by atoms with Gasteiger partial charge in [0.15, 0.2) is 5.82 Å². The van der Waals surface area contributed by atoms with Crippen molar-refractivity contribution >= 4 is 35.5 Å². The Morgan fingerprint density at radius 3 is 1.36 bits per heavy atom. The first-order valence-electron chi connectivity index (χ1n) is 11.6. The lowest BCUT2D eigenvalue weighted by molar-refractivity contribution is 0.0427. The summed E-state index contributed by atoms with van der Waals surface area (Å²) in [5, 5.41) is 0. The van der Waals surface area contributed by atoms with Gasteiger partial charge in [0.25, 0.3) is 0 Å². The Morgan fingerprint density at radius 2 is 1.09 bits per heavy atom. The molecule has 2 amide bonds. The van der Waals surface area contributed by atoms with Crippen LogP contribution in [0.15, 0.2) is 0 Å². The maximum absolute atomic E-state index is 12.5. The van der Waals surface area contributed by atoms with E-state index in [1.807, 2.05) is 55.4 Å². The second-order valence-electron chi connectivity index (χ2n) is 7.25. The van der Waals surface area contributed by atoms with Gasteiger partial charge in [0.2, 0.25) is 0 Å². The molecular weight excluding hydrogens is 444 g/mol. The zero-order chi connectivity index (χ0) is 27.6. The molecule has 0 radical (unpaired) electrons. The summed E-state index contributed by atoms with van der Waals surface area (Å²) in [6.45, 7) is 27.6. The zero-order valence-corrected chi connectivity index (χ0v) is 24.6. The maximum atomic E-state index is 12.5. The number of hydrogen-bond donors (Lipinski definition) is 0. The number of amides is 2. The summed E-state index contributed by atoms with van der Waals surface area (Å²) in [6.07, 6.45) is -1.88. The Labute approximate surface area is 206 Å². The van der Waals surface area contributed by atoms with Crippen LogP contribution in [0.3, 0.4) is 0 Å². The number of nitrogens with zero attached hydrogens (tertiary/aromatic N) is 2. The van der Waals surface area contributed by atoms with Crippen molar-refractivity contribution in [3.8, 4) is 0 Å². The first-order chi connectivity index (χ1) is 15.3. The van der Waals surface area contributed by atoms with E-state index in [0.29, 0.717) is 10.5 Å². The third-order valence-corrected chi connectivity index (χ3v) is 3.55. The van der Waals surface area contributed by atoms with Gasteiger partial charge in [-0.1, -0.05) is 55.4 Å². The molecule has 8 nitrogen and oxygen atoms in total. The molecule has 33 heavy (non-hydrogen) atoms. The van der Waals surface area contributed by atoms with Crippen LogP contribution in [0.1, 0.15) is 112 Å². The van der Waals surface area contributed by atoms with Crippen molar-refractivity contribution in [2.75, 3.05) is 12.0 Å². The quantitative estimate of drug-likeness (QED) is 0.304. The molecule has 0 unspecified atom stereocenters. The van der Waals surface area contributed by atoms with E-state index in [4.69, 9.17) is 9.47 Å². The Hall–Kier alpha value is -2.16. The molecule has 1 rings (SSSR count). The SMILES string of the molecule is CC.CC.CC.CC.COC(=O)c1snc(N(C(=O)OC(C)(C)C)C(=O)OC(C)(C)C)c1C. The van der Waals surface area contributed by atoms with Gasteiger partial charge in [-0.15, -0.1) is 0 Å². The molecule has 0 saturated heterocycles. The number of methoxy groups -OCH3 is 1. The summed E-state index contributed by atoms with van der Waals surface area (Å²) >= 11 is 0.826. The van der Waals surface area contributed by atoms with Crippen LogP contribution in [0.5, 0.6) is 0 Å². The van der Waals surface area contributed by atoms with Crippen molar-refractivity contribution in [2.45, 2.75) is 115 Å². The van der Waals surface area contributed by atoms with Gasteiger partial charge in [0, 0.05) is 5.56 Å². The monoisotopic (exact) mass is 492 g/mol. The standard InChI is InChI=1S/C16H24N2O6S.4C2H6/c1-9-10(12(19)22-8)25-17-11(9)18(13(20)23-15(2,3)4)14(21)24-16(5,6)7;4*1-2/h1-8H3;4*1-2H3. The van der Waals surface area contributed by atoms with E-state index in [-0.39, 0.29) is 10.7 Å². The van der Waals surface area contributed by atoms with Crippen LogP contribution in [0, 0.1) is 6.92 Å². The molecule has 0 N–H and O–H groups in total. The van der Waals surface area contributed by atoms with Crippen molar-refractivity contribution in [3.63, 3.8) is 0 Å². The number of hydrogen-bond acceptors (Lipinski definition) is 8. The maximum Gasteiger partial charge on any atom is 0.425 e. The molecule has 0 aliphatic carbocycles. The van der Waals surface area contributed by atoms with E-state index >= 15 is 0 Å². The molecule has 0 bridgehead atoms. The summed E-state index contributed by atoms with van der Waals surface area (Å²) in [5.41, 5.74) is -1.33. The average molecular weight is 493 g/mol. The van der Waals surface area contributed by atoms with Gasteiger partial charge in [-0.05, 0) is 60.0 Å². The topological polar surface area (TPSA) is 95.0 Å². The first-order valence-corrected chi connectivity index (χ1v) is 12.3. The number of carbonyl (C=O) groups is 3. The van der Waals surface area contributed by atoms with Crippen LogP contribution in [-0.4, -0.2) is 40.8 Å². The second kappa shape index (κ2) is 19.3. The van der Waals surface area contributed by atoms with E-state index < -0.39 is 29.4 Å². The van der Waals surface area contributed by atoms with E-state index in [1.165, 1.54) is 7.11 Å². The van der Waals surface area contributed by atoms with Gasteiger partial charge in [0.1, 0.15) is 16.1 Å². The van der Waals surface area contributed by atoms with E-state index in [0.717, 1.165) is 11.5 Å². The summed E-state index contributed by atoms with van der Waals surface area (Å²) < 4.78 is 19.3. The lowest BCUT2D eigenvalue weighted by Gasteiger charge is -2.27. The Balaban J connectivity index is -0.000000472. The first kappa shape index (κ1) is 38.1. The molecule has 1 aromatic rings. The van der Waals surface area contributed by atoms with Crippen molar-refractivity contribution in [1.82, 2.24) is 4.37 Å². The summed E-state index contributed by atoms with van der Waals surface area (Å²) in [5.74, 6) is -0.622. The minimum absolute atomic E-state index is 0.0195. The smallest absolute Gasteiger partial charge is 0.425 e. The van der Waals surface area contributed by atoms with E-state index in [9.17, 15) is 14.4 Å². The van der Waals surface area contributed by atoms with Crippen molar-refractivity contribution in [1.29, 1.82) is 0 Å². The number of carbonyl (C=O) groups excluding carboxylic acids is 3. The van der Waals surface area contributed by atoms with Crippen LogP contribution in [0.25, 0.3) is 0 Å². The highest BCUT2D eigenvalue weighted by Crippen LogP contribution is 2.29. The predicted octanol–water partition coefficient (Wildman–Crippen LogP) is 8.02. The lowest BCUT2D eigenvalue weighted by atomic mass is 10.2. The molecular formula is C24H48N2O6S. The Morgan fingerprint density at radius 1 is 0.758 bits per heavy atom. The molecule has 0 aliphatic rings. The summed E-state index contributed by atoms with van der Waals surface area (Å²) in [4.78, 5) is 37.7. The normalized spacial score (nSPS) is 9.58. The number of rotatable bonds is 2. The third kappa shape index (κ3) is 15.3. The van der Waals surface area contributed by atoms with E-state index in [1.54, 1.807) is 48.5 Å². The van der Waals surface area contributed by atoms with Gasteiger partial charge in [-0.25, -0.2) is 14.4 Å².